The van der Waals surface area contributed by atoms with Gasteiger partial charge in [0.1, 0.15) is 11.5 Å². The van der Waals surface area contributed by atoms with E-state index in [1.54, 1.807) is 14.2 Å². The Kier molecular flexibility index (Phi) is 3.19. The van der Waals surface area contributed by atoms with Gasteiger partial charge in [0, 0.05) is 16.5 Å². The predicted octanol–water partition coefficient (Wildman–Crippen LogP) is 4.60. The molecule has 0 aliphatic rings. The average molecular weight is 302 g/mol. The third-order valence-corrected chi connectivity index (χ3v) is 4.14. The minimum Gasteiger partial charge on any atom is -0.497 e. The highest BCUT2D eigenvalue weighted by Gasteiger charge is 2.13. The molecule has 0 atom stereocenters. The van der Waals surface area contributed by atoms with E-state index in [4.69, 9.17) is 9.47 Å². The Morgan fingerprint density at radius 2 is 1.26 bits per heavy atom. The smallest absolute Gasteiger partial charge is 0.119 e. The molecule has 0 fully saturated rings. The number of benzene rings is 3. The summed E-state index contributed by atoms with van der Waals surface area (Å²) in [6, 6.07) is 23.4. The van der Waals surface area contributed by atoms with Crippen LogP contribution in [-0.2, 0) is 0 Å². The monoisotopic (exact) mass is 302 g/mol. The van der Waals surface area contributed by atoms with E-state index in [-0.39, 0.29) is 0 Å². The van der Waals surface area contributed by atoms with Crippen LogP contribution < -0.4 is 9.47 Å². The molecule has 113 valence electrons. The number of fused-ring (bicyclic) bond motifs is 3. The topological polar surface area (TPSA) is 23.4 Å². The second-order valence-corrected chi connectivity index (χ2v) is 5.36. The maximum atomic E-state index is 5.40. The zero-order valence-electron chi connectivity index (χ0n) is 13.0. The van der Waals surface area contributed by atoms with E-state index in [9.17, 15) is 0 Å². The number of aromatic nitrogens is 1. The van der Waals surface area contributed by atoms with E-state index in [0.717, 1.165) is 39.0 Å². The molecule has 0 spiro atoms. The molecule has 0 unspecified atom stereocenters. The fraction of sp³-hybridized carbons (Fsp3) is 0.100. The van der Waals surface area contributed by atoms with Crippen molar-refractivity contribution in [3.05, 3.63) is 66.7 Å². The van der Waals surface area contributed by atoms with Crippen LogP contribution in [0, 0.1) is 6.07 Å². The molecule has 0 aliphatic heterocycles. The summed E-state index contributed by atoms with van der Waals surface area (Å²) in [5.41, 5.74) is 3.39. The Morgan fingerprint density at radius 1 is 0.739 bits per heavy atom. The molecule has 0 bridgehead atoms. The lowest BCUT2D eigenvalue weighted by Crippen LogP contribution is -1.93. The molecule has 3 nitrogen and oxygen atoms in total. The number of ether oxygens (including phenoxy) is 2. The van der Waals surface area contributed by atoms with Crippen molar-refractivity contribution in [1.82, 2.24) is 4.57 Å². The van der Waals surface area contributed by atoms with E-state index < -0.39 is 0 Å². The van der Waals surface area contributed by atoms with Crippen LogP contribution in [0.4, 0.5) is 0 Å². The van der Waals surface area contributed by atoms with Gasteiger partial charge in [0.15, 0.2) is 0 Å². The molecule has 4 aromatic rings. The van der Waals surface area contributed by atoms with Crippen LogP contribution in [0.5, 0.6) is 11.5 Å². The zero-order chi connectivity index (χ0) is 15.8. The lowest BCUT2D eigenvalue weighted by Gasteiger charge is -2.07. The van der Waals surface area contributed by atoms with Crippen molar-refractivity contribution in [2.45, 2.75) is 0 Å². The molecule has 0 amide bonds. The maximum Gasteiger partial charge on any atom is 0.119 e. The van der Waals surface area contributed by atoms with Gasteiger partial charge < -0.3 is 14.0 Å². The lowest BCUT2D eigenvalue weighted by atomic mass is 10.1. The summed E-state index contributed by atoms with van der Waals surface area (Å²) >= 11 is 0. The van der Waals surface area contributed by atoms with Crippen LogP contribution >= 0.6 is 0 Å². The van der Waals surface area contributed by atoms with Crippen molar-refractivity contribution in [1.29, 1.82) is 0 Å². The SMILES string of the molecule is COc1ccc2c(c1)c1cc(OC)ccc1n2-c1cc[c]cc1. The van der Waals surface area contributed by atoms with Crippen LogP contribution in [0.15, 0.2) is 60.7 Å². The van der Waals surface area contributed by atoms with E-state index in [1.165, 1.54) is 0 Å². The van der Waals surface area contributed by atoms with Crippen LogP contribution in [0.3, 0.4) is 0 Å². The highest BCUT2D eigenvalue weighted by molar-refractivity contribution is 6.10. The molecule has 1 aromatic heterocycles. The molecular weight excluding hydrogens is 286 g/mol. The van der Waals surface area contributed by atoms with E-state index in [1.807, 2.05) is 24.3 Å². The van der Waals surface area contributed by atoms with E-state index >= 15 is 0 Å². The summed E-state index contributed by atoms with van der Waals surface area (Å²) in [6.07, 6.45) is 0. The number of nitrogens with zero attached hydrogens (tertiary/aromatic N) is 1. The Morgan fingerprint density at radius 3 is 1.74 bits per heavy atom. The minimum absolute atomic E-state index is 0.848. The molecule has 0 saturated heterocycles. The first-order valence-electron chi connectivity index (χ1n) is 7.44. The van der Waals surface area contributed by atoms with Gasteiger partial charge >= 0.3 is 0 Å². The summed E-state index contributed by atoms with van der Waals surface area (Å²) in [5, 5.41) is 2.29. The summed E-state index contributed by atoms with van der Waals surface area (Å²) in [4.78, 5) is 0. The van der Waals surface area contributed by atoms with Gasteiger partial charge in [0.05, 0.1) is 25.3 Å². The molecule has 1 radical (unpaired) electrons. The second-order valence-electron chi connectivity index (χ2n) is 5.36. The van der Waals surface area contributed by atoms with E-state index in [2.05, 4.69) is 47.0 Å². The van der Waals surface area contributed by atoms with Crippen LogP contribution in [-0.4, -0.2) is 18.8 Å². The van der Waals surface area contributed by atoms with E-state index in [0.29, 0.717) is 0 Å². The second kappa shape index (κ2) is 5.36. The minimum atomic E-state index is 0.848. The number of methoxy groups -OCH3 is 2. The van der Waals surface area contributed by atoms with Gasteiger partial charge in [-0.15, -0.1) is 0 Å². The molecule has 0 N–H and O–H groups in total. The zero-order valence-corrected chi connectivity index (χ0v) is 13.0. The first kappa shape index (κ1) is 13.7. The first-order chi connectivity index (χ1) is 11.3. The van der Waals surface area contributed by atoms with Crippen molar-refractivity contribution < 1.29 is 9.47 Å². The fourth-order valence-corrected chi connectivity index (χ4v) is 3.04. The normalized spacial score (nSPS) is 11.0. The predicted molar refractivity (Wildman–Crippen MR) is 92.7 cm³/mol. The van der Waals surface area contributed by atoms with Crippen molar-refractivity contribution in [2.24, 2.45) is 0 Å². The molecule has 0 aliphatic carbocycles. The Hall–Kier alpha value is -2.94. The van der Waals surface area contributed by atoms with Gasteiger partial charge in [0.25, 0.3) is 0 Å². The van der Waals surface area contributed by atoms with Gasteiger partial charge in [-0.2, -0.15) is 0 Å². The van der Waals surface area contributed by atoms with Crippen molar-refractivity contribution in [2.75, 3.05) is 14.2 Å². The van der Waals surface area contributed by atoms with Gasteiger partial charge in [-0.25, -0.2) is 0 Å². The van der Waals surface area contributed by atoms with Crippen LogP contribution in [0.1, 0.15) is 0 Å². The largest absolute Gasteiger partial charge is 0.497 e. The number of rotatable bonds is 3. The quantitative estimate of drug-likeness (QED) is 0.552. The Labute approximate surface area is 134 Å². The third-order valence-electron chi connectivity index (χ3n) is 4.14. The molecule has 4 rings (SSSR count). The summed E-state index contributed by atoms with van der Waals surface area (Å²) in [7, 11) is 3.38. The molecule has 1 heterocycles. The van der Waals surface area contributed by atoms with Crippen molar-refractivity contribution in [3.8, 4) is 17.2 Å². The highest BCUT2D eigenvalue weighted by Crippen LogP contribution is 2.35. The maximum absolute atomic E-state index is 5.40. The number of hydrogen-bond acceptors (Lipinski definition) is 2. The Bertz CT molecular complexity index is 926. The first-order valence-corrected chi connectivity index (χ1v) is 7.44. The summed E-state index contributed by atoms with van der Waals surface area (Å²) < 4.78 is 13.0. The summed E-state index contributed by atoms with van der Waals surface area (Å²) in [5.74, 6) is 1.70. The lowest BCUT2D eigenvalue weighted by molar-refractivity contribution is 0.415. The average Bonchev–Trinajstić information content (AvgIpc) is 2.95. The standard InChI is InChI=1S/C20H16NO2/c1-22-15-8-10-19-17(12-15)18-13-16(23-2)9-11-20(18)21(19)14-6-4-3-5-7-14/h4-13H,1-2H3. The third kappa shape index (κ3) is 2.13. The molecule has 3 aromatic carbocycles. The van der Waals surface area contributed by atoms with Gasteiger partial charge in [-0.05, 0) is 54.6 Å². The fourth-order valence-electron chi connectivity index (χ4n) is 3.04. The van der Waals surface area contributed by atoms with Crippen molar-refractivity contribution in [3.63, 3.8) is 0 Å². The summed E-state index contributed by atoms with van der Waals surface area (Å²) in [6.45, 7) is 0. The molecule has 23 heavy (non-hydrogen) atoms. The van der Waals surface area contributed by atoms with Gasteiger partial charge in [-0.3, -0.25) is 0 Å². The molecular formula is C20H16NO2. The van der Waals surface area contributed by atoms with Gasteiger partial charge in [-0.1, -0.05) is 12.1 Å². The molecule has 3 heteroatoms. The highest BCUT2D eigenvalue weighted by atomic mass is 16.5. The number of hydrogen-bond donors (Lipinski definition) is 0. The molecule has 0 saturated carbocycles. The van der Waals surface area contributed by atoms with Crippen LogP contribution in [0.25, 0.3) is 27.5 Å². The van der Waals surface area contributed by atoms with Crippen molar-refractivity contribution >= 4 is 21.8 Å². The van der Waals surface area contributed by atoms with Gasteiger partial charge in [0.2, 0.25) is 0 Å². The Balaban J connectivity index is 2.15. The van der Waals surface area contributed by atoms with Crippen LogP contribution in [0.2, 0.25) is 0 Å².